The summed E-state index contributed by atoms with van der Waals surface area (Å²) < 4.78 is 7.70. The summed E-state index contributed by atoms with van der Waals surface area (Å²) in [4.78, 5) is 18.1. The van der Waals surface area contributed by atoms with E-state index in [-0.39, 0.29) is 6.10 Å². The zero-order valence-corrected chi connectivity index (χ0v) is 15.8. The molecule has 1 aromatic carbocycles. The Labute approximate surface area is 159 Å². The zero-order chi connectivity index (χ0) is 19.2. The van der Waals surface area contributed by atoms with E-state index in [4.69, 9.17) is 15.5 Å². The highest BCUT2D eigenvalue weighted by molar-refractivity contribution is 5.92. The lowest BCUT2D eigenvalue weighted by molar-refractivity contribution is -0.00805. The van der Waals surface area contributed by atoms with Crippen molar-refractivity contribution < 1.29 is 9.53 Å². The molecule has 1 aliphatic rings. The SMILES string of the molecule is CCNC(=NCc1ccc(C(N)=O)cc1)N1CCOC(c2cnn(C)c2)C1. The van der Waals surface area contributed by atoms with Crippen LogP contribution in [-0.2, 0) is 18.3 Å². The molecule has 1 fully saturated rings. The number of guanidine groups is 1. The van der Waals surface area contributed by atoms with E-state index in [2.05, 4.69) is 22.2 Å². The van der Waals surface area contributed by atoms with Crippen LogP contribution in [0, 0.1) is 0 Å². The lowest BCUT2D eigenvalue weighted by Crippen LogP contribution is -2.48. The fourth-order valence-corrected chi connectivity index (χ4v) is 3.02. The Kier molecular flexibility index (Phi) is 6.08. The highest BCUT2D eigenvalue weighted by atomic mass is 16.5. The van der Waals surface area contributed by atoms with Gasteiger partial charge in [-0.15, -0.1) is 0 Å². The number of benzene rings is 1. The van der Waals surface area contributed by atoms with Gasteiger partial charge < -0.3 is 20.7 Å². The van der Waals surface area contributed by atoms with Crippen LogP contribution in [-0.4, -0.2) is 52.8 Å². The summed E-state index contributed by atoms with van der Waals surface area (Å²) in [6, 6.07) is 7.22. The summed E-state index contributed by atoms with van der Waals surface area (Å²) in [5.41, 5.74) is 7.88. The summed E-state index contributed by atoms with van der Waals surface area (Å²) in [6.45, 7) is 5.50. The number of rotatable bonds is 5. The van der Waals surface area contributed by atoms with E-state index >= 15 is 0 Å². The van der Waals surface area contributed by atoms with Gasteiger partial charge in [0.1, 0.15) is 6.10 Å². The summed E-state index contributed by atoms with van der Waals surface area (Å²) >= 11 is 0. The molecule has 144 valence electrons. The first-order valence-corrected chi connectivity index (χ1v) is 9.09. The van der Waals surface area contributed by atoms with Crippen LogP contribution < -0.4 is 11.1 Å². The number of primary amides is 1. The number of nitrogens with one attached hydrogen (secondary N) is 1. The van der Waals surface area contributed by atoms with Crippen LogP contribution in [0.5, 0.6) is 0 Å². The molecule has 0 bridgehead atoms. The minimum atomic E-state index is -0.423. The monoisotopic (exact) mass is 370 g/mol. The van der Waals surface area contributed by atoms with Gasteiger partial charge in [0.05, 0.1) is 25.9 Å². The number of carbonyl (C=O) groups excluding carboxylic acids is 1. The number of hydrogen-bond acceptors (Lipinski definition) is 4. The standard InChI is InChI=1S/C19H26N6O2/c1-3-21-19(22-10-14-4-6-15(7-5-14)18(20)26)25-8-9-27-17(13-25)16-11-23-24(2)12-16/h4-7,11-12,17H,3,8-10,13H2,1-2H3,(H2,20,26)(H,21,22). The van der Waals surface area contributed by atoms with Gasteiger partial charge in [-0.2, -0.15) is 5.10 Å². The summed E-state index contributed by atoms with van der Waals surface area (Å²) in [5, 5.41) is 7.59. The van der Waals surface area contributed by atoms with Crippen LogP contribution in [0.1, 0.15) is 34.5 Å². The van der Waals surface area contributed by atoms with E-state index < -0.39 is 5.91 Å². The molecule has 2 heterocycles. The fraction of sp³-hybridized carbons (Fsp3) is 0.421. The number of hydrogen-bond donors (Lipinski definition) is 2. The number of aryl methyl sites for hydroxylation is 1. The van der Waals surface area contributed by atoms with Gasteiger partial charge in [0.2, 0.25) is 5.91 Å². The van der Waals surface area contributed by atoms with E-state index in [9.17, 15) is 4.79 Å². The normalized spacial score (nSPS) is 17.8. The number of aliphatic imine (C=N–C) groups is 1. The van der Waals surface area contributed by atoms with Crippen LogP contribution in [0.25, 0.3) is 0 Å². The molecule has 8 nitrogen and oxygen atoms in total. The Balaban J connectivity index is 1.69. The molecule has 1 saturated heterocycles. The molecule has 1 amide bonds. The fourth-order valence-electron chi connectivity index (χ4n) is 3.02. The maximum atomic E-state index is 11.2. The highest BCUT2D eigenvalue weighted by Gasteiger charge is 2.25. The van der Waals surface area contributed by atoms with Crippen molar-refractivity contribution in [1.29, 1.82) is 0 Å². The van der Waals surface area contributed by atoms with Gasteiger partial charge in [0, 0.05) is 37.5 Å². The van der Waals surface area contributed by atoms with Crippen molar-refractivity contribution in [3.63, 3.8) is 0 Å². The molecule has 0 spiro atoms. The van der Waals surface area contributed by atoms with Crippen molar-refractivity contribution >= 4 is 11.9 Å². The first-order valence-electron chi connectivity index (χ1n) is 9.09. The quantitative estimate of drug-likeness (QED) is 0.606. The number of morpholine rings is 1. The maximum absolute atomic E-state index is 11.2. The Hall–Kier alpha value is -2.87. The third-order valence-electron chi connectivity index (χ3n) is 4.45. The average Bonchev–Trinajstić information content (AvgIpc) is 3.12. The summed E-state index contributed by atoms with van der Waals surface area (Å²) in [5.74, 6) is 0.432. The van der Waals surface area contributed by atoms with Gasteiger partial charge in [-0.05, 0) is 24.6 Å². The van der Waals surface area contributed by atoms with E-state index in [0.717, 1.165) is 36.7 Å². The minimum absolute atomic E-state index is 0.0221. The van der Waals surface area contributed by atoms with Crippen LogP contribution in [0.3, 0.4) is 0 Å². The Morgan fingerprint density at radius 1 is 1.41 bits per heavy atom. The molecular weight excluding hydrogens is 344 g/mol. The number of amides is 1. The molecule has 3 N–H and O–H groups in total. The van der Waals surface area contributed by atoms with Gasteiger partial charge in [-0.1, -0.05) is 12.1 Å². The number of ether oxygens (including phenoxy) is 1. The largest absolute Gasteiger partial charge is 0.370 e. The molecule has 8 heteroatoms. The molecule has 0 radical (unpaired) electrons. The molecule has 0 saturated carbocycles. The predicted molar refractivity (Wildman–Crippen MR) is 103 cm³/mol. The molecule has 2 aromatic rings. The predicted octanol–water partition coefficient (Wildman–Crippen LogP) is 1.06. The lowest BCUT2D eigenvalue weighted by atomic mass is 10.1. The third kappa shape index (κ3) is 4.85. The van der Waals surface area contributed by atoms with Crippen molar-refractivity contribution in [2.45, 2.75) is 19.6 Å². The summed E-state index contributed by atoms with van der Waals surface area (Å²) in [7, 11) is 1.90. The van der Waals surface area contributed by atoms with Crippen molar-refractivity contribution in [2.24, 2.45) is 17.8 Å². The number of aromatic nitrogens is 2. The lowest BCUT2D eigenvalue weighted by Gasteiger charge is -2.34. The maximum Gasteiger partial charge on any atom is 0.248 e. The Morgan fingerprint density at radius 2 is 2.19 bits per heavy atom. The smallest absolute Gasteiger partial charge is 0.248 e. The van der Waals surface area contributed by atoms with Gasteiger partial charge in [0.25, 0.3) is 0 Å². The Morgan fingerprint density at radius 3 is 2.81 bits per heavy atom. The van der Waals surface area contributed by atoms with E-state index in [0.29, 0.717) is 18.7 Å². The second-order valence-electron chi connectivity index (χ2n) is 6.48. The van der Waals surface area contributed by atoms with Crippen molar-refractivity contribution in [3.8, 4) is 0 Å². The molecule has 1 aliphatic heterocycles. The van der Waals surface area contributed by atoms with E-state index in [1.165, 1.54) is 0 Å². The van der Waals surface area contributed by atoms with E-state index in [1.807, 2.05) is 31.6 Å². The van der Waals surface area contributed by atoms with Gasteiger partial charge in [0.15, 0.2) is 5.96 Å². The van der Waals surface area contributed by atoms with E-state index in [1.54, 1.807) is 16.8 Å². The second-order valence-corrected chi connectivity index (χ2v) is 6.48. The van der Waals surface area contributed by atoms with Gasteiger partial charge >= 0.3 is 0 Å². The molecule has 27 heavy (non-hydrogen) atoms. The van der Waals surface area contributed by atoms with Crippen LogP contribution in [0.15, 0.2) is 41.7 Å². The third-order valence-corrected chi connectivity index (χ3v) is 4.45. The molecule has 1 atom stereocenters. The van der Waals surface area contributed by atoms with Crippen LogP contribution in [0.4, 0.5) is 0 Å². The van der Waals surface area contributed by atoms with Gasteiger partial charge in [-0.25, -0.2) is 4.99 Å². The zero-order valence-electron chi connectivity index (χ0n) is 15.8. The van der Waals surface area contributed by atoms with Crippen molar-refractivity contribution in [3.05, 3.63) is 53.3 Å². The van der Waals surface area contributed by atoms with Crippen molar-refractivity contribution in [1.82, 2.24) is 20.0 Å². The van der Waals surface area contributed by atoms with Gasteiger partial charge in [-0.3, -0.25) is 9.48 Å². The number of nitrogens with two attached hydrogens (primary N) is 1. The molecule has 1 unspecified atom stereocenters. The molecule has 3 rings (SSSR count). The summed E-state index contributed by atoms with van der Waals surface area (Å²) in [6.07, 6.45) is 3.81. The average molecular weight is 370 g/mol. The molecule has 0 aliphatic carbocycles. The van der Waals surface area contributed by atoms with Crippen LogP contribution >= 0.6 is 0 Å². The number of nitrogens with zero attached hydrogens (tertiary/aromatic N) is 4. The highest BCUT2D eigenvalue weighted by Crippen LogP contribution is 2.21. The molecule has 1 aromatic heterocycles. The van der Waals surface area contributed by atoms with Crippen LogP contribution in [0.2, 0.25) is 0 Å². The van der Waals surface area contributed by atoms with Crippen molar-refractivity contribution in [2.75, 3.05) is 26.2 Å². The topological polar surface area (TPSA) is 97.8 Å². The minimum Gasteiger partial charge on any atom is -0.370 e. The Bertz CT molecular complexity index is 799. The molecular formula is C19H26N6O2. The first kappa shape index (κ1) is 18.9. The second kappa shape index (κ2) is 8.68. The first-order chi connectivity index (χ1) is 13.1. The number of carbonyl (C=O) groups is 1.